The lowest BCUT2D eigenvalue weighted by Gasteiger charge is -2.04. The molecule has 1 heterocycles. The van der Waals surface area contributed by atoms with Crippen LogP contribution in [0.15, 0.2) is 17.0 Å². The Bertz CT molecular complexity index is 382. The van der Waals surface area contributed by atoms with E-state index in [2.05, 4.69) is 10.7 Å². The van der Waals surface area contributed by atoms with E-state index in [0.29, 0.717) is 16.5 Å². The molecule has 1 aliphatic rings. The Morgan fingerprint density at radius 3 is 3.08 bits per heavy atom. The van der Waals surface area contributed by atoms with Gasteiger partial charge in [0.15, 0.2) is 0 Å². The van der Waals surface area contributed by atoms with Crippen molar-refractivity contribution in [3.63, 3.8) is 0 Å². The molecule has 0 spiro atoms. The van der Waals surface area contributed by atoms with Crippen molar-refractivity contribution < 1.29 is 8.60 Å². The maximum Gasteiger partial charge on any atom is 0.148 e. The monoisotopic (exact) mass is 201 g/mol. The first-order chi connectivity index (χ1) is 6.22. The van der Waals surface area contributed by atoms with Crippen molar-refractivity contribution in [2.45, 2.75) is 4.90 Å². The highest BCUT2D eigenvalue weighted by Gasteiger charge is 2.19. The van der Waals surface area contributed by atoms with Crippen molar-refractivity contribution in [2.24, 2.45) is 5.84 Å². The first-order valence-electron chi connectivity index (χ1n) is 3.65. The van der Waals surface area contributed by atoms with Crippen molar-refractivity contribution in [1.29, 1.82) is 0 Å². The topological polar surface area (TPSA) is 67.1 Å². The highest BCUT2D eigenvalue weighted by Crippen LogP contribution is 2.30. The lowest BCUT2D eigenvalue weighted by atomic mass is 10.2. The van der Waals surface area contributed by atoms with Crippen LogP contribution in [0, 0.1) is 5.82 Å². The van der Waals surface area contributed by atoms with Crippen LogP contribution >= 0.6 is 0 Å². The predicted molar refractivity (Wildman–Crippen MR) is 49.1 cm³/mol. The van der Waals surface area contributed by atoms with Gasteiger partial charge in [0.25, 0.3) is 0 Å². The predicted octanol–water partition coefficient (Wildman–Crippen LogP) is 0.602. The van der Waals surface area contributed by atoms with Gasteiger partial charge >= 0.3 is 0 Å². The van der Waals surface area contributed by atoms with E-state index in [1.165, 1.54) is 12.1 Å². The summed E-state index contributed by atoms with van der Waals surface area (Å²) in [5, 5.41) is 2.89. The molecule has 0 amide bonds. The average Bonchev–Trinajstić information content (AvgIpc) is 2.47. The first-order valence-corrected chi connectivity index (χ1v) is 4.96. The van der Waals surface area contributed by atoms with Gasteiger partial charge in [0, 0.05) is 0 Å². The fourth-order valence-electron chi connectivity index (χ4n) is 1.21. The molecule has 4 N–H and O–H groups in total. The minimum absolute atomic E-state index is 0.199. The van der Waals surface area contributed by atoms with Gasteiger partial charge in [-0.15, -0.1) is 0 Å². The van der Waals surface area contributed by atoms with Crippen LogP contribution in [0.3, 0.4) is 0 Å². The number of halogens is 1. The highest BCUT2D eigenvalue weighted by molar-refractivity contribution is 7.85. The Hall–Kier alpha value is -1.14. The van der Waals surface area contributed by atoms with E-state index in [1.54, 1.807) is 0 Å². The Labute approximate surface area is 76.7 Å². The Kier molecular flexibility index (Phi) is 1.93. The van der Waals surface area contributed by atoms with Crippen molar-refractivity contribution >= 4 is 22.2 Å². The number of fused-ring (bicyclic) bond motifs is 1. The number of benzene rings is 1. The van der Waals surface area contributed by atoms with Gasteiger partial charge in [-0.3, -0.25) is 10.1 Å². The van der Waals surface area contributed by atoms with Crippen molar-refractivity contribution in [3.8, 4) is 0 Å². The number of rotatable bonds is 1. The van der Waals surface area contributed by atoms with E-state index >= 15 is 0 Å². The Balaban J connectivity index is 2.56. The number of hydrazine groups is 1. The van der Waals surface area contributed by atoms with Crippen LogP contribution in [-0.2, 0) is 10.8 Å². The molecule has 0 radical (unpaired) electrons. The molecule has 2 rings (SSSR count). The minimum atomic E-state index is -1.14. The Morgan fingerprint density at radius 1 is 1.62 bits per heavy atom. The molecule has 13 heavy (non-hydrogen) atoms. The summed E-state index contributed by atoms with van der Waals surface area (Å²) >= 11 is 0. The van der Waals surface area contributed by atoms with E-state index in [1.807, 2.05) is 0 Å². The lowest BCUT2D eigenvalue weighted by Crippen LogP contribution is -2.08. The molecule has 0 saturated carbocycles. The van der Waals surface area contributed by atoms with E-state index in [-0.39, 0.29) is 5.69 Å². The smallest absolute Gasteiger partial charge is 0.148 e. The molecule has 1 aliphatic heterocycles. The molecule has 0 aliphatic carbocycles. The second-order valence-corrected chi connectivity index (χ2v) is 4.06. The molecule has 70 valence electrons. The summed E-state index contributed by atoms with van der Waals surface area (Å²) in [6.45, 7) is 0. The molecule has 0 fully saturated rings. The van der Waals surface area contributed by atoms with Gasteiger partial charge < -0.3 is 10.7 Å². The third-order valence-corrected chi connectivity index (χ3v) is 3.10. The molecular formula is C7H8FN3OS. The van der Waals surface area contributed by atoms with Gasteiger partial charge in [-0.05, 0) is 12.1 Å². The van der Waals surface area contributed by atoms with Gasteiger partial charge in [0.1, 0.15) is 5.82 Å². The molecular weight excluding hydrogens is 193 g/mol. The van der Waals surface area contributed by atoms with E-state index in [0.717, 1.165) is 0 Å². The van der Waals surface area contributed by atoms with Gasteiger partial charge in [-0.1, -0.05) is 0 Å². The molecule has 1 aromatic rings. The SMILES string of the molecule is NNc1cc2c(cc1F)S(=O)CN2. The number of nitrogens with two attached hydrogens (primary N) is 1. The molecule has 1 aromatic carbocycles. The largest absolute Gasteiger partial charge is 0.372 e. The third kappa shape index (κ3) is 1.27. The van der Waals surface area contributed by atoms with Gasteiger partial charge in [-0.25, -0.2) is 4.39 Å². The van der Waals surface area contributed by atoms with Crippen LogP contribution in [-0.4, -0.2) is 10.1 Å². The van der Waals surface area contributed by atoms with Crippen LogP contribution in [0.4, 0.5) is 15.8 Å². The summed E-state index contributed by atoms with van der Waals surface area (Å²) in [5.74, 6) is 4.93. The van der Waals surface area contributed by atoms with Gasteiger partial charge in [-0.2, -0.15) is 0 Å². The zero-order valence-corrected chi connectivity index (χ0v) is 7.45. The van der Waals surface area contributed by atoms with Crippen LogP contribution in [0.1, 0.15) is 0 Å². The molecule has 0 bridgehead atoms. The highest BCUT2D eigenvalue weighted by atomic mass is 32.2. The third-order valence-electron chi connectivity index (χ3n) is 1.86. The Morgan fingerprint density at radius 2 is 2.38 bits per heavy atom. The zero-order chi connectivity index (χ0) is 9.42. The standard InChI is InChI=1S/C7H8FN3OS/c8-4-1-7-6(2-5(4)11-9)10-3-13(7)12/h1-2,10-11H,3,9H2. The average molecular weight is 201 g/mol. The number of nitrogens with one attached hydrogen (secondary N) is 2. The molecule has 0 aromatic heterocycles. The summed E-state index contributed by atoms with van der Waals surface area (Å²) in [5.41, 5.74) is 3.10. The second kappa shape index (κ2) is 2.97. The van der Waals surface area contributed by atoms with Crippen LogP contribution in [0.2, 0.25) is 0 Å². The number of nitrogen functional groups attached to an aromatic ring is 1. The van der Waals surface area contributed by atoms with Crippen LogP contribution in [0.25, 0.3) is 0 Å². The maximum absolute atomic E-state index is 13.1. The quantitative estimate of drug-likeness (QED) is 0.460. The van der Waals surface area contributed by atoms with Gasteiger partial charge in [0.05, 0.1) is 32.9 Å². The molecule has 1 atom stereocenters. The fraction of sp³-hybridized carbons (Fsp3) is 0.143. The van der Waals surface area contributed by atoms with Crippen molar-refractivity contribution in [1.82, 2.24) is 0 Å². The maximum atomic E-state index is 13.1. The van der Waals surface area contributed by atoms with Crippen LogP contribution < -0.4 is 16.6 Å². The molecule has 0 saturated heterocycles. The summed E-state index contributed by atoms with van der Waals surface area (Å²) in [7, 11) is -1.14. The molecule has 6 heteroatoms. The fourth-order valence-corrected chi connectivity index (χ4v) is 2.27. The number of hydrogen-bond donors (Lipinski definition) is 3. The van der Waals surface area contributed by atoms with E-state index in [9.17, 15) is 8.60 Å². The molecule has 1 unspecified atom stereocenters. The lowest BCUT2D eigenvalue weighted by molar-refractivity contribution is 0.626. The van der Waals surface area contributed by atoms with E-state index in [4.69, 9.17) is 5.84 Å². The zero-order valence-electron chi connectivity index (χ0n) is 6.63. The van der Waals surface area contributed by atoms with Gasteiger partial charge in [0.2, 0.25) is 0 Å². The van der Waals surface area contributed by atoms with Crippen LogP contribution in [0.5, 0.6) is 0 Å². The summed E-state index contributed by atoms with van der Waals surface area (Å²) in [6, 6.07) is 2.75. The first kappa shape index (κ1) is 8.46. The van der Waals surface area contributed by atoms with Crippen molar-refractivity contribution in [2.75, 3.05) is 16.6 Å². The summed E-state index contributed by atoms with van der Waals surface area (Å²) in [6.07, 6.45) is 0. The number of anilines is 2. The molecule has 4 nitrogen and oxygen atoms in total. The minimum Gasteiger partial charge on any atom is -0.372 e. The normalized spacial score (nSPS) is 19.4. The second-order valence-electron chi connectivity index (χ2n) is 2.64. The number of hydrogen-bond acceptors (Lipinski definition) is 4. The van der Waals surface area contributed by atoms with Crippen molar-refractivity contribution in [3.05, 3.63) is 17.9 Å². The van der Waals surface area contributed by atoms with E-state index < -0.39 is 16.6 Å². The summed E-state index contributed by atoms with van der Waals surface area (Å²) < 4.78 is 24.4. The summed E-state index contributed by atoms with van der Waals surface area (Å²) in [4.78, 5) is 0.497.